The monoisotopic (exact) mass is 425 g/mol. The van der Waals surface area contributed by atoms with Gasteiger partial charge in [-0.15, -0.1) is 0 Å². The predicted octanol–water partition coefficient (Wildman–Crippen LogP) is 2.95. The van der Waals surface area contributed by atoms with Gasteiger partial charge in [-0.1, -0.05) is 42.5 Å². The van der Waals surface area contributed by atoms with Crippen LogP contribution in [0.25, 0.3) is 0 Å². The van der Waals surface area contributed by atoms with Crippen molar-refractivity contribution in [2.24, 2.45) is 0 Å². The second-order valence-electron chi connectivity index (χ2n) is 6.62. The molecule has 1 saturated carbocycles. The number of hydrogen-bond acceptors (Lipinski definition) is 5. The lowest BCUT2D eigenvalue weighted by Gasteiger charge is -2.38. The normalized spacial score (nSPS) is 15.2. The van der Waals surface area contributed by atoms with E-state index in [1.807, 2.05) is 0 Å². The van der Waals surface area contributed by atoms with E-state index in [1.165, 1.54) is 23.1 Å². The highest BCUT2D eigenvalue weighted by Gasteiger charge is 2.38. The molecule has 0 radical (unpaired) electrons. The van der Waals surface area contributed by atoms with Gasteiger partial charge in [0.1, 0.15) is 12.1 Å². The SMILES string of the molecule is CN(C(=O)COC(=O)CNC(=O)c1ccc(Cl)cc1Cl)C1(C#N)CCCCC1. The number of carbonyl (C=O) groups excluding carboxylic acids is 3. The van der Waals surface area contributed by atoms with Gasteiger partial charge in [0.15, 0.2) is 6.61 Å². The van der Waals surface area contributed by atoms with Crippen LogP contribution in [0.5, 0.6) is 0 Å². The second-order valence-corrected chi connectivity index (χ2v) is 7.47. The Balaban J connectivity index is 1.82. The van der Waals surface area contributed by atoms with E-state index in [0.717, 1.165) is 19.3 Å². The smallest absolute Gasteiger partial charge is 0.325 e. The van der Waals surface area contributed by atoms with Gasteiger partial charge in [0.2, 0.25) is 0 Å². The summed E-state index contributed by atoms with van der Waals surface area (Å²) < 4.78 is 4.93. The number of esters is 1. The molecule has 28 heavy (non-hydrogen) atoms. The molecular formula is C19H21Cl2N3O4. The van der Waals surface area contributed by atoms with Gasteiger partial charge in [-0.25, -0.2) is 0 Å². The van der Waals surface area contributed by atoms with Crippen LogP contribution in [0.4, 0.5) is 0 Å². The quantitative estimate of drug-likeness (QED) is 0.706. The fraction of sp³-hybridized carbons (Fsp3) is 0.474. The molecular weight excluding hydrogens is 405 g/mol. The van der Waals surface area contributed by atoms with Gasteiger partial charge < -0.3 is 15.0 Å². The van der Waals surface area contributed by atoms with Crippen LogP contribution in [0.3, 0.4) is 0 Å². The fourth-order valence-corrected chi connectivity index (χ4v) is 3.60. The Bertz CT molecular complexity index is 801. The second kappa shape index (κ2) is 9.76. The van der Waals surface area contributed by atoms with Gasteiger partial charge in [-0.05, 0) is 31.0 Å². The van der Waals surface area contributed by atoms with E-state index in [4.69, 9.17) is 27.9 Å². The molecule has 0 saturated heterocycles. The molecule has 1 aromatic carbocycles. The van der Waals surface area contributed by atoms with Crippen LogP contribution in [0.15, 0.2) is 18.2 Å². The molecule has 1 fully saturated rings. The minimum absolute atomic E-state index is 0.157. The lowest BCUT2D eigenvalue weighted by atomic mass is 9.81. The molecule has 1 N–H and O–H groups in total. The Hall–Kier alpha value is -2.30. The number of rotatable bonds is 6. The molecule has 0 unspecified atom stereocenters. The van der Waals surface area contributed by atoms with Gasteiger partial charge in [-0.2, -0.15) is 5.26 Å². The summed E-state index contributed by atoms with van der Waals surface area (Å²) in [6.07, 6.45) is 4.02. The first-order chi connectivity index (χ1) is 13.3. The lowest BCUT2D eigenvalue weighted by Crippen LogP contribution is -2.51. The Morgan fingerprint density at radius 1 is 1.25 bits per heavy atom. The van der Waals surface area contributed by atoms with Crippen molar-refractivity contribution in [1.82, 2.24) is 10.2 Å². The predicted molar refractivity (Wildman–Crippen MR) is 104 cm³/mol. The van der Waals surface area contributed by atoms with E-state index >= 15 is 0 Å². The molecule has 0 heterocycles. The molecule has 1 aliphatic carbocycles. The van der Waals surface area contributed by atoms with Crippen molar-refractivity contribution in [1.29, 1.82) is 5.26 Å². The highest BCUT2D eigenvalue weighted by Crippen LogP contribution is 2.32. The topological polar surface area (TPSA) is 99.5 Å². The van der Waals surface area contributed by atoms with Crippen LogP contribution in [-0.4, -0.2) is 48.4 Å². The maximum absolute atomic E-state index is 12.3. The van der Waals surface area contributed by atoms with Crippen molar-refractivity contribution in [3.05, 3.63) is 33.8 Å². The lowest BCUT2D eigenvalue weighted by molar-refractivity contribution is -0.152. The number of nitriles is 1. The van der Waals surface area contributed by atoms with E-state index in [1.54, 1.807) is 7.05 Å². The number of nitrogens with zero attached hydrogens (tertiary/aromatic N) is 2. The minimum atomic E-state index is -0.846. The molecule has 0 atom stereocenters. The van der Waals surface area contributed by atoms with E-state index in [-0.39, 0.29) is 10.6 Å². The third-order valence-electron chi connectivity index (χ3n) is 4.83. The molecule has 0 aliphatic heterocycles. The Labute approximate surface area is 173 Å². The first-order valence-electron chi connectivity index (χ1n) is 8.86. The first-order valence-corrected chi connectivity index (χ1v) is 9.61. The minimum Gasteiger partial charge on any atom is -0.454 e. The largest absolute Gasteiger partial charge is 0.454 e. The van der Waals surface area contributed by atoms with E-state index in [9.17, 15) is 19.6 Å². The molecule has 0 bridgehead atoms. The fourth-order valence-electron chi connectivity index (χ4n) is 3.11. The van der Waals surface area contributed by atoms with E-state index < -0.39 is 36.5 Å². The summed E-state index contributed by atoms with van der Waals surface area (Å²) in [5.74, 6) is -1.79. The van der Waals surface area contributed by atoms with Crippen LogP contribution in [0, 0.1) is 11.3 Å². The summed E-state index contributed by atoms with van der Waals surface area (Å²) >= 11 is 11.7. The van der Waals surface area contributed by atoms with Crippen molar-refractivity contribution < 1.29 is 19.1 Å². The number of ether oxygens (including phenoxy) is 1. The average Bonchev–Trinajstić information content (AvgIpc) is 2.70. The number of amides is 2. The third kappa shape index (κ3) is 5.37. The van der Waals surface area contributed by atoms with Gasteiger partial charge in [-0.3, -0.25) is 14.4 Å². The molecule has 9 heteroatoms. The number of likely N-dealkylation sites (N-methyl/N-ethyl adjacent to an activating group) is 1. The molecule has 1 aromatic rings. The maximum Gasteiger partial charge on any atom is 0.325 e. The van der Waals surface area contributed by atoms with Crippen LogP contribution < -0.4 is 5.32 Å². The number of halogens is 2. The van der Waals surface area contributed by atoms with Crippen LogP contribution in [-0.2, 0) is 14.3 Å². The first kappa shape index (κ1) is 22.0. The summed E-state index contributed by atoms with van der Waals surface area (Å²) in [6.45, 7) is -0.908. The Morgan fingerprint density at radius 3 is 2.54 bits per heavy atom. The van der Waals surface area contributed by atoms with E-state index in [2.05, 4.69) is 11.4 Å². The number of benzene rings is 1. The molecule has 7 nitrogen and oxygen atoms in total. The van der Waals surface area contributed by atoms with Crippen molar-refractivity contribution >= 4 is 41.0 Å². The van der Waals surface area contributed by atoms with Crippen molar-refractivity contribution in [3.63, 3.8) is 0 Å². The summed E-state index contributed by atoms with van der Waals surface area (Å²) in [5.41, 5.74) is -0.677. The van der Waals surface area contributed by atoms with Crippen molar-refractivity contribution in [2.75, 3.05) is 20.2 Å². The molecule has 0 aromatic heterocycles. The van der Waals surface area contributed by atoms with Crippen molar-refractivity contribution in [3.8, 4) is 6.07 Å². The average molecular weight is 426 g/mol. The molecule has 2 amide bonds. The van der Waals surface area contributed by atoms with Crippen molar-refractivity contribution in [2.45, 2.75) is 37.6 Å². The number of carbonyl (C=O) groups is 3. The Kier molecular flexibility index (Phi) is 7.67. The highest BCUT2D eigenvalue weighted by molar-refractivity contribution is 6.36. The zero-order chi connectivity index (χ0) is 20.7. The van der Waals surface area contributed by atoms with Crippen LogP contribution >= 0.6 is 23.2 Å². The summed E-state index contributed by atoms with van der Waals surface area (Å²) in [6, 6.07) is 6.60. The maximum atomic E-state index is 12.3. The van der Waals surface area contributed by atoms with Gasteiger partial charge in [0, 0.05) is 12.1 Å². The molecule has 0 spiro atoms. The van der Waals surface area contributed by atoms with Gasteiger partial charge in [0.25, 0.3) is 11.8 Å². The molecule has 150 valence electrons. The van der Waals surface area contributed by atoms with Gasteiger partial charge >= 0.3 is 5.97 Å². The standard InChI is InChI=1S/C19H21Cl2N3O4/c1-24(19(12-22)7-3-2-4-8-19)16(25)11-28-17(26)10-23-18(27)14-6-5-13(20)9-15(14)21/h5-6,9H,2-4,7-8,10-11H2,1H3,(H,23,27). The zero-order valence-electron chi connectivity index (χ0n) is 15.5. The number of nitrogens with one attached hydrogen (secondary N) is 1. The summed E-state index contributed by atoms with van der Waals surface area (Å²) in [7, 11) is 1.55. The molecule has 2 rings (SSSR count). The van der Waals surface area contributed by atoms with Crippen LogP contribution in [0.1, 0.15) is 42.5 Å². The highest BCUT2D eigenvalue weighted by atomic mass is 35.5. The summed E-state index contributed by atoms with van der Waals surface area (Å²) in [5, 5.41) is 12.4. The van der Waals surface area contributed by atoms with Crippen LogP contribution in [0.2, 0.25) is 10.0 Å². The van der Waals surface area contributed by atoms with E-state index in [0.29, 0.717) is 17.9 Å². The van der Waals surface area contributed by atoms with Gasteiger partial charge in [0.05, 0.1) is 16.7 Å². The Morgan fingerprint density at radius 2 is 1.93 bits per heavy atom. The summed E-state index contributed by atoms with van der Waals surface area (Å²) in [4.78, 5) is 37.6. The third-order valence-corrected chi connectivity index (χ3v) is 5.38. The zero-order valence-corrected chi connectivity index (χ0v) is 17.0. The number of hydrogen-bond donors (Lipinski definition) is 1. The molecule has 1 aliphatic rings.